The van der Waals surface area contributed by atoms with Crippen LogP contribution in [0.2, 0.25) is 20.1 Å². The normalized spacial score (nSPS) is 10.9. The Balaban J connectivity index is 1.67. The Labute approximate surface area is 200 Å². The van der Waals surface area contributed by atoms with Crippen LogP contribution in [0.4, 0.5) is 5.69 Å². The Bertz CT molecular complexity index is 1110. The lowest BCUT2D eigenvalue weighted by molar-refractivity contribution is -0.111. The summed E-state index contributed by atoms with van der Waals surface area (Å²) in [6, 6.07) is 15.4. The molecule has 1 N–H and O–H groups in total. The number of carbonyl (C=O) groups excluding carboxylic acids is 1. The van der Waals surface area contributed by atoms with Crippen molar-refractivity contribution in [1.82, 2.24) is 0 Å². The highest BCUT2D eigenvalue weighted by atomic mass is 35.5. The molecule has 0 aliphatic rings. The van der Waals surface area contributed by atoms with Crippen LogP contribution in [0.3, 0.4) is 0 Å². The molecule has 160 valence electrons. The van der Waals surface area contributed by atoms with E-state index in [0.717, 1.165) is 5.56 Å². The van der Waals surface area contributed by atoms with Gasteiger partial charge in [-0.25, -0.2) is 0 Å². The first-order chi connectivity index (χ1) is 14.9. The molecule has 31 heavy (non-hydrogen) atoms. The number of anilines is 1. The number of hydrogen-bond donors (Lipinski definition) is 1. The van der Waals surface area contributed by atoms with Gasteiger partial charge < -0.3 is 14.8 Å². The molecular formula is C23H17Cl4NO3. The standard InChI is InChI=1S/C23H17Cl4NO3/c1-30-22-11-14(6-10-23(29)28-15-7-8-19(26)20(27)12-15)5-9-21(22)31-13-16-17(24)3-2-4-18(16)25/h2-12H,13H2,1H3,(H,28,29)/b10-6+. The number of carbonyl (C=O) groups is 1. The number of benzene rings is 3. The molecule has 0 fully saturated rings. The second kappa shape index (κ2) is 10.8. The average molecular weight is 497 g/mol. The summed E-state index contributed by atoms with van der Waals surface area (Å²) in [5.41, 5.74) is 1.99. The van der Waals surface area contributed by atoms with Gasteiger partial charge >= 0.3 is 0 Å². The summed E-state index contributed by atoms with van der Waals surface area (Å²) in [6.45, 7) is 0.191. The summed E-state index contributed by atoms with van der Waals surface area (Å²) in [6.07, 6.45) is 3.06. The van der Waals surface area contributed by atoms with Gasteiger partial charge in [-0.2, -0.15) is 0 Å². The first kappa shape index (κ1) is 23.3. The molecule has 0 bridgehead atoms. The molecule has 0 heterocycles. The summed E-state index contributed by atoms with van der Waals surface area (Å²) < 4.78 is 11.2. The third-order valence-corrected chi connectivity index (χ3v) is 5.68. The van der Waals surface area contributed by atoms with Gasteiger partial charge in [-0.15, -0.1) is 0 Å². The topological polar surface area (TPSA) is 47.6 Å². The van der Waals surface area contributed by atoms with Crippen molar-refractivity contribution in [2.45, 2.75) is 6.61 Å². The van der Waals surface area contributed by atoms with Crippen LogP contribution in [-0.2, 0) is 11.4 Å². The van der Waals surface area contributed by atoms with Gasteiger partial charge in [0.15, 0.2) is 11.5 Å². The largest absolute Gasteiger partial charge is 0.493 e. The minimum atomic E-state index is -0.314. The fourth-order valence-corrected chi connectivity index (χ4v) is 3.46. The molecule has 0 aromatic heterocycles. The quantitative estimate of drug-likeness (QED) is 0.343. The fourth-order valence-electron chi connectivity index (χ4n) is 2.66. The minimum absolute atomic E-state index is 0.191. The van der Waals surface area contributed by atoms with Crippen molar-refractivity contribution < 1.29 is 14.3 Å². The Hall–Kier alpha value is -2.37. The molecule has 3 aromatic rings. The third-order valence-electron chi connectivity index (χ3n) is 4.24. The monoisotopic (exact) mass is 495 g/mol. The van der Waals surface area contributed by atoms with E-state index >= 15 is 0 Å². The van der Waals surface area contributed by atoms with E-state index in [1.807, 2.05) is 0 Å². The molecule has 3 aromatic carbocycles. The van der Waals surface area contributed by atoms with Crippen LogP contribution in [0.25, 0.3) is 6.08 Å². The number of amides is 1. The number of hydrogen-bond acceptors (Lipinski definition) is 3. The summed E-state index contributed by atoms with van der Waals surface area (Å²) >= 11 is 24.2. The zero-order valence-electron chi connectivity index (χ0n) is 16.3. The lowest BCUT2D eigenvalue weighted by Crippen LogP contribution is -2.07. The lowest BCUT2D eigenvalue weighted by Gasteiger charge is -2.13. The van der Waals surface area contributed by atoms with Crippen LogP contribution in [0.1, 0.15) is 11.1 Å². The molecule has 0 radical (unpaired) electrons. The van der Waals surface area contributed by atoms with Crippen molar-refractivity contribution in [3.05, 3.63) is 91.9 Å². The van der Waals surface area contributed by atoms with E-state index in [0.29, 0.717) is 42.8 Å². The van der Waals surface area contributed by atoms with Crippen molar-refractivity contribution in [3.8, 4) is 11.5 Å². The van der Waals surface area contributed by atoms with E-state index in [1.165, 1.54) is 13.2 Å². The Morgan fingerprint density at radius 1 is 0.903 bits per heavy atom. The van der Waals surface area contributed by atoms with Crippen LogP contribution in [0, 0.1) is 0 Å². The molecule has 0 aliphatic carbocycles. The summed E-state index contributed by atoms with van der Waals surface area (Å²) in [5, 5.41) is 4.55. The van der Waals surface area contributed by atoms with Crippen LogP contribution in [0.15, 0.2) is 60.7 Å². The van der Waals surface area contributed by atoms with Crippen LogP contribution in [0.5, 0.6) is 11.5 Å². The first-order valence-corrected chi connectivity index (χ1v) is 10.6. The second-order valence-corrected chi connectivity index (χ2v) is 7.98. The zero-order chi connectivity index (χ0) is 22.4. The predicted molar refractivity (Wildman–Crippen MR) is 128 cm³/mol. The maximum Gasteiger partial charge on any atom is 0.248 e. The number of rotatable bonds is 7. The fraction of sp³-hybridized carbons (Fsp3) is 0.0870. The van der Waals surface area contributed by atoms with Crippen LogP contribution < -0.4 is 14.8 Å². The SMILES string of the molecule is COc1cc(/C=C/C(=O)Nc2ccc(Cl)c(Cl)c2)ccc1OCc1c(Cl)cccc1Cl. The number of halogens is 4. The van der Waals surface area contributed by atoms with Gasteiger partial charge in [-0.3, -0.25) is 4.79 Å². The highest BCUT2D eigenvalue weighted by molar-refractivity contribution is 6.42. The zero-order valence-corrected chi connectivity index (χ0v) is 19.3. The lowest BCUT2D eigenvalue weighted by atomic mass is 10.2. The van der Waals surface area contributed by atoms with Crippen molar-refractivity contribution in [2.24, 2.45) is 0 Å². The predicted octanol–water partition coefficient (Wildman–Crippen LogP) is 7.54. The van der Waals surface area contributed by atoms with Gasteiger partial charge in [0.1, 0.15) is 6.61 Å². The smallest absolute Gasteiger partial charge is 0.248 e. The van der Waals surface area contributed by atoms with Gasteiger partial charge in [0.2, 0.25) is 5.91 Å². The molecule has 0 aliphatic heterocycles. The van der Waals surface area contributed by atoms with Crippen LogP contribution in [-0.4, -0.2) is 13.0 Å². The van der Waals surface area contributed by atoms with Crippen molar-refractivity contribution >= 4 is 64.1 Å². The molecule has 0 saturated heterocycles. The molecule has 1 amide bonds. The van der Waals surface area contributed by atoms with Crippen LogP contribution >= 0.6 is 46.4 Å². The summed E-state index contributed by atoms with van der Waals surface area (Å²) in [7, 11) is 1.54. The van der Waals surface area contributed by atoms with E-state index in [1.54, 1.807) is 60.7 Å². The third kappa shape index (κ3) is 6.31. The molecule has 0 saturated carbocycles. The van der Waals surface area contributed by atoms with E-state index in [-0.39, 0.29) is 12.5 Å². The van der Waals surface area contributed by atoms with Crippen molar-refractivity contribution in [3.63, 3.8) is 0 Å². The van der Waals surface area contributed by atoms with Gasteiger partial charge in [-0.1, -0.05) is 58.5 Å². The molecule has 8 heteroatoms. The van der Waals surface area contributed by atoms with Gasteiger partial charge in [-0.05, 0) is 54.1 Å². The maximum absolute atomic E-state index is 12.2. The van der Waals surface area contributed by atoms with Crippen molar-refractivity contribution in [2.75, 3.05) is 12.4 Å². The molecule has 3 rings (SSSR count). The molecule has 4 nitrogen and oxygen atoms in total. The van der Waals surface area contributed by atoms with E-state index in [2.05, 4.69) is 5.32 Å². The molecule has 0 spiro atoms. The van der Waals surface area contributed by atoms with Crippen molar-refractivity contribution in [1.29, 1.82) is 0 Å². The first-order valence-electron chi connectivity index (χ1n) is 9.05. The Morgan fingerprint density at radius 3 is 2.32 bits per heavy atom. The van der Waals surface area contributed by atoms with Gasteiger partial charge in [0, 0.05) is 27.4 Å². The van der Waals surface area contributed by atoms with E-state index < -0.39 is 0 Å². The number of ether oxygens (including phenoxy) is 2. The molecule has 0 atom stereocenters. The van der Waals surface area contributed by atoms with E-state index in [9.17, 15) is 4.79 Å². The number of methoxy groups -OCH3 is 1. The highest BCUT2D eigenvalue weighted by Crippen LogP contribution is 2.32. The summed E-state index contributed by atoms with van der Waals surface area (Å²) in [4.78, 5) is 12.2. The highest BCUT2D eigenvalue weighted by Gasteiger charge is 2.10. The Kier molecular flexibility index (Phi) is 8.10. The van der Waals surface area contributed by atoms with Gasteiger partial charge in [0.05, 0.1) is 17.2 Å². The molecule has 0 unspecified atom stereocenters. The Morgan fingerprint density at radius 2 is 1.65 bits per heavy atom. The average Bonchev–Trinajstić information content (AvgIpc) is 2.75. The molecular weight excluding hydrogens is 480 g/mol. The number of nitrogens with one attached hydrogen (secondary N) is 1. The van der Waals surface area contributed by atoms with Gasteiger partial charge in [0.25, 0.3) is 0 Å². The second-order valence-electron chi connectivity index (χ2n) is 6.35. The maximum atomic E-state index is 12.2. The summed E-state index contributed by atoms with van der Waals surface area (Å²) in [5.74, 6) is 0.720. The van der Waals surface area contributed by atoms with E-state index in [4.69, 9.17) is 55.9 Å². The minimum Gasteiger partial charge on any atom is -0.493 e.